The fourth-order valence-electron chi connectivity index (χ4n) is 2.32. The van der Waals surface area contributed by atoms with Crippen LogP contribution in [-0.4, -0.2) is 12.9 Å². The van der Waals surface area contributed by atoms with E-state index in [0.717, 1.165) is 0 Å². The minimum atomic E-state index is -0.378. The third-order valence-electron chi connectivity index (χ3n) is 3.65. The summed E-state index contributed by atoms with van der Waals surface area (Å²) in [5.74, 6) is 1.80. The third-order valence-corrected chi connectivity index (χ3v) is 3.65. The summed E-state index contributed by atoms with van der Waals surface area (Å²) in [7, 11) is 1.58. The number of halogens is 1. The van der Waals surface area contributed by atoms with Crippen molar-refractivity contribution in [1.29, 1.82) is 0 Å². The number of furan rings is 1. The van der Waals surface area contributed by atoms with Gasteiger partial charge in [0, 0.05) is 5.56 Å². The van der Waals surface area contributed by atoms with Gasteiger partial charge in [-0.3, -0.25) is 4.79 Å². The van der Waals surface area contributed by atoms with E-state index in [-0.39, 0.29) is 18.2 Å². The summed E-state index contributed by atoms with van der Waals surface area (Å²) in [6.07, 6.45) is 2.95. The van der Waals surface area contributed by atoms with Crippen molar-refractivity contribution in [2.24, 2.45) is 0 Å². The summed E-state index contributed by atoms with van der Waals surface area (Å²) >= 11 is 0. The lowest BCUT2D eigenvalue weighted by Crippen LogP contribution is -1.96. The smallest absolute Gasteiger partial charge is 0.185 e. The van der Waals surface area contributed by atoms with Crippen LogP contribution >= 0.6 is 0 Å². The topological polar surface area (TPSA) is 48.7 Å². The molecule has 0 N–H and O–H groups in total. The summed E-state index contributed by atoms with van der Waals surface area (Å²) in [5, 5.41) is 0. The van der Waals surface area contributed by atoms with Gasteiger partial charge in [-0.25, -0.2) is 4.39 Å². The van der Waals surface area contributed by atoms with Gasteiger partial charge >= 0.3 is 0 Å². The summed E-state index contributed by atoms with van der Waals surface area (Å²) in [6.45, 7) is 0.236. The van der Waals surface area contributed by atoms with Gasteiger partial charge in [0.05, 0.1) is 7.11 Å². The molecule has 3 rings (SSSR count). The standard InChI is InChI=1S/C21H17FO4/c1-24-20-4-2-3-5-21(20)25-14-18-11-10-17(26-18)12-13-19(23)15-6-8-16(22)9-7-15/h2-13H,14H2,1H3/b13-12+. The fraction of sp³-hybridized carbons (Fsp3) is 0.0952. The van der Waals surface area contributed by atoms with Crippen LogP contribution in [0.5, 0.6) is 11.5 Å². The molecule has 0 atom stereocenters. The van der Waals surface area contributed by atoms with Crippen LogP contribution in [0.4, 0.5) is 4.39 Å². The van der Waals surface area contributed by atoms with Crippen LogP contribution in [0.15, 0.2) is 71.2 Å². The molecule has 1 heterocycles. The lowest BCUT2D eigenvalue weighted by atomic mass is 10.1. The Morgan fingerprint density at radius 1 is 1.04 bits per heavy atom. The van der Waals surface area contributed by atoms with Gasteiger partial charge in [-0.15, -0.1) is 0 Å². The Balaban J connectivity index is 1.60. The Morgan fingerprint density at radius 3 is 2.50 bits per heavy atom. The first-order valence-electron chi connectivity index (χ1n) is 7.98. The Hall–Kier alpha value is -3.34. The number of carbonyl (C=O) groups is 1. The molecule has 0 unspecified atom stereocenters. The molecule has 1 aromatic heterocycles. The Kier molecular flexibility index (Phi) is 5.49. The number of carbonyl (C=O) groups excluding carboxylic acids is 1. The zero-order valence-corrected chi connectivity index (χ0v) is 14.1. The maximum Gasteiger partial charge on any atom is 0.185 e. The molecule has 2 aromatic carbocycles. The maximum atomic E-state index is 12.9. The number of hydrogen-bond acceptors (Lipinski definition) is 4. The molecule has 0 spiro atoms. The van der Waals surface area contributed by atoms with E-state index in [0.29, 0.717) is 28.6 Å². The van der Waals surface area contributed by atoms with Crippen LogP contribution < -0.4 is 9.47 Å². The van der Waals surface area contributed by atoms with E-state index in [2.05, 4.69) is 0 Å². The molecule has 26 heavy (non-hydrogen) atoms. The van der Waals surface area contributed by atoms with Crippen molar-refractivity contribution >= 4 is 11.9 Å². The van der Waals surface area contributed by atoms with Crippen molar-refractivity contribution in [3.8, 4) is 11.5 Å². The van der Waals surface area contributed by atoms with E-state index in [9.17, 15) is 9.18 Å². The number of allylic oxidation sites excluding steroid dienone is 1. The van der Waals surface area contributed by atoms with Crippen molar-refractivity contribution in [3.05, 3.63) is 89.6 Å². The molecule has 0 aliphatic rings. The van der Waals surface area contributed by atoms with Crippen LogP contribution in [0.1, 0.15) is 21.9 Å². The third kappa shape index (κ3) is 4.39. The zero-order chi connectivity index (χ0) is 18.4. The van der Waals surface area contributed by atoms with Crippen LogP contribution in [0, 0.1) is 5.82 Å². The lowest BCUT2D eigenvalue weighted by molar-refractivity contribution is 0.104. The van der Waals surface area contributed by atoms with E-state index in [4.69, 9.17) is 13.9 Å². The molecule has 0 aliphatic carbocycles. The molecule has 0 fully saturated rings. The first-order valence-corrected chi connectivity index (χ1v) is 7.98. The van der Waals surface area contributed by atoms with Crippen molar-refractivity contribution in [2.75, 3.05) is 7.11 Å². The monoisotopic (exact) mass is 352 g/mol. The summed E-state index contributed by atoms with van der Waals surface area (Å²) in [5.41, 5.74) is 0.411. The molecule has 3 aromatic rings. The second-order valence-corrected chi connectivity index (χ2v) is 5.45. The molecule has 0 saturated heterocycles. The number of hydrogen-bond donors (Lipinski definition) is 0. The molecule has 132 valence electrons. The van der Waals surface area contributed by atoms with Crippen molar-refractivity contribution in [1.82, 2.24) is 0 Å². The van der Waals surface area contributed by atoms with Gasteiger partial charge in [0.15, 0.2) is 17.3 Å². The van der Waals surface area contributed by atoms with Crippen molar-refractivity contribution in [2.45, 2.75) is 6.61 Å². The van der Waals surface area contributed by atoms with Gasteiger partial charge in [-0.05, 0) is 60.7 Å². The number of benzene rings is 2. The second-order valence-electron chi connectivity index (χ2n) is 5.45. The first-order chi connectivity index (χ1) is 12.7. The molecule has 4 nitrogen and oxygen atoms in total. The van der Waals surface area contributed by atoms with Crippen molar-refractivity contribution < 1.29 is 23.1 Å². The molecule has 0 bridgehead atoms. The summed E-state index contributed by atoms with van der Waals surface area (Å²) < 4.78 is 29.4. The minimum absolute atomic E-state index is 0.228. The van der Waals surface area contributed by atoms with Gasteiger partial charge in [0.1, 0.15) is 23.9 Å². The second kappa shape index (κ2) is 8.16. The molecule has 5 heteroatoms. The molecule has 0 aliphatic heterocycles. The lowest BCUT2D eigenvalue weighted by Gasteiger charge is -2.08. The minimum Gasteiger partial charge on any atom is -0.493 e. The van der Waals surface area contributed by atoms with Crippen LogP contribution in [-0.2, 0) is 6.61 Å². The predicted octanol–water partition coefficient (Wildman–Crippen LogP) is 4.90. The maximum absolute atomic E-state index is 12.9. The van der Waals surface area contributed by atoms with Gasteiger partial charge in [-0.1, -0.05) is 12.1 Å². The summed E-state index contributed by atoms with van der Waals surface area (Å²) in [6, 6.07) is 16.2. The highest BCUT2D eigenvalue weighted by Crippen LogP contribution is 2.26. The predicted molar refractivity (Wildman–Crippen MR) is 95.8 cm³/mol. The van der Waals surface area contributed by atoms with Crippen LogP contribution in [0.2, 0.25) is 0 Å². The highest BCUT2D eigenvalue weighted by Gasteiger charge is 2.06. The Labute approximate surface area is 150 Å². The summed E-state index contributed by atoms with van der Waals surface area (Å²) in [4.78, 5) is 12.0. The zero-order valence-electron chi connectivity index (χ0n) is 14.1. The number of rotatable bonds is 7. The largest absolute Gasteiger partial charge is 0.493 e. The van der Waals surface area contributed by atoms with E-state index in [1.165, 1.54) is 30.3 Å². The van der Waals surface area contributed by atoms with Crippen molar-refractivity contribution in [3.63, 3.8) is 0 Å². The molecular formula is C21H17FO4. The number of para-hydroxylation sites is 2. The van der Waals surface area contributed by atoms with Gasteiger partial charge in [0.25, 0.3) is 0 Å². The van der Waals surface area contributed by atoms with Gasteiger partial charge in [-0.2, -0.15) is 0 Å². The van der Waals surface area contributed by atoms with Gasteiger partial charge < -0.3 is 13.9 Å². The van der Waals surface area contributed by atoms with E-state index in [1.54, 1.807) is 25.3 Å². The first kappa shape index (κ1) is 17.5. The number of methoxy groups -OCH3 is 1. The van der Waals surface area contributed by atoms with E-state index >= 15 is 0 Å². The molecule has 0 radical (unpaired) electrons. The molecular weight excluding hydrogens is 335 g/mol. The Bertz CT molecular complexity index is 910. The number of ether oxygens (including phenoxy) is 2. The fourth-order valence-corrected chi connectivity index (χ4v) is 2.32. The van der Waals surface area contributed by atoms with E-state index in [1.807, 2.05) is 24.3 Å². The quantitative estimate of drug-likeness (QED) is 0.448. The average Bonchev–Trinajstić information content (AvgIpc) is 3.13. The SMILES string of the molecule is COc1ccccc1OCc1ccc(/C=C/C(=O)c2ccc(F)cc2)o1. The highest BCUT2D eigenvalue weighted by molar-refractivity contribution is 6.06. The Morgan fingerprint density at radius 2 is 1.77 bits per heavy atom. The van der Waals surface area contributed by atoms with Crippen LogP contribution in [0.3, 0.4) is 0 Å². The highest BCUT2D eigenvalue weighted by atomic mass is 19.1. The van der Waals surface area contributed by atoms with Gasteiger partial charge in [0.2, 0.25) is 0 Å². The molecule has 0 saturated carbocycles. The normalized spacial score (nSPS) is 10.8. The van der Waals surface area contributed by atoms with E-state index < -0.39 is 0 Å². The molecule has 0 amide bonds. The van der Waals surface area contributed by atoms with Crippen LogP contribution in [0.25, 0.3) is 6.08 Å². The average molecular weight is 352 g/mol. The number of ketones is 1.